The van der Waals surface area contributed by atoms with Crippen molar-refractivity contribution in [2.24, 2.45) is 0 Å². The minimum absolute atomic E-state index is 0.00543. The van der Waals surface area contributed by atoms with Crippen molar-refractivity contribution in [2.45, 2.75) is 38.1 Å². The predicted molar refractivity (Wildman–Crippen MR) is 142 cm³/mol. The fourth-order valence-corrected chi connectivity index (χ4v) is 4.42. The van der Waals surface area contributed by atoms with Gasteiger partial charge in [0.2, 0.25) is 0 Å². The van der Waals surface area contributed by atoms with Crippen molar-refractivity contribution in [1.82, 2.24) is 4.57 Å². The molecule has 0 aliphatic heterocycles. The Morgan fingerprint density at radius 3 is 2.17 bits per heavy atom. The number of carboxylic acid groups (broad SMARTS) is 1. The number of aryl methyl sites for hydroxylation is 2. The van der Waals surface area contributed by atoms with E-state index in [9.17, 15) is 9.59 Å². The Morgan fingerprint density at radius 1 is 0.806 bits per heavy atom. The molecule has 5 nitrogen and oxygen atoms in total. The number of rotatable bonds is 12. The molecule has 0 aliphatic carbocycles. The molecular weight excluding hydrogens is 450 g/mol. The van der Waals surface area contributed by atoms with Crippen molar-refractivity contribution in [3.8, 4) is 5.75 Å². The van der Waals surface area contributed by atoms with Crippen LogP contribution < -0.4 is 10.3 Å². The summed E-state index contributed by atoms with van der Waals surface area (Å²) in [5.74, 6) is -0.0228. The van der Waals surface area contributed by atoms with E-state index in [2.05, 4.69) is 24.3 Å². The number of aromatic nitrogens is 1. The van der Waals surface area contributed by atoms with Crippen LogP contribution >= 0.6 is 0 Å². The Hall–Kier alpha value is -4.12. The molecule has 0 bridgehead atoms. The van der Waals surface area contributed by atoms with E-state index < -0.39 is 5.97 Å². The third-order valence-electron chi connectivity index (χ3n) is 6.17. The quantitative estimate of drug-likeness (QED) is 0.256. The summed E-state index contributed by atoms with van der Waals surface area (Å²) in [5.41, 5.74) is 4.59. The molecule has 3 aromatic carbocycles. The first-order valence-corrected chi connectivity index (χ1v) is 12.3. The molecule has 4 rings (SSSR count). The normalized spacial score (nSPS) is 10.9. The van der Waals surface area contributed by atoms with Crippen molar-refractivity contribution < 1.29 is 14.6 Å². The fraction of sp³-hybridized carbons (Fsp3) is 0.226. The highest BCUT2D eigenvalue weighted by molar-refractivity contribution is 5.66. The van der Waals surface area contributed by atoms with Gasteiger partial charge in [-0.15, -0.1) is 0 Å². The minimum atomic E-state index is -0.814. The maximum atomic E-state index is 12.7. The van der Waals surface area contributed by atoms with Crippen LogP contribution in [0.15, 0.2) is 108 Å². The van der Waals surface area contributed by atoms with Gasteiger partial charge in [-0.2, -0.15) is 0 Å². The van der Waals surface area contributed by atoms with Crippen LogP contribution in [0.5, 0.6) is 5.75 Å². The molecule has 0 atom stereocenters. The Labute approximate surface area is 211 Å². The van der Waals surface area contributed by atoms with Gasteiger partial charge in [-0.1, -0.05) is 78.9 Å². The zero-order valence-corrected chi connectivity index (χ0v) is 20.3. The van der Waals surface area contributed by atoms with Gasteiger partial charge in [0, 0.05) is 31.1 Å². The van der Waals surface area contributed by atoms with Gasteiger partial charge in [0.15, 0.2) is 0 Å². The molecule has 4 aromatic rings. The van der Waals surface area contributed by atoms with Crippen LogP contribution in [-0.4, -0.2) is 22.2 Å². The molecule has 0 amide bonds. The molecule has 0 aliphatic rings. The molecule has 0 spiro atoms. The summed E-state index contributed by atoms with van der Waals surface area (Å²) in [6, 6.07) is 32.2. The number of aliphatic carboxylic acids is 1. The zero-order chi connectivity index (χ0) is 25.2. The van der Waals surface area contributed by atoms with E-state index in [0.29, 0.717) is 19.6 Å². The average molecular weight is 482 g/mol. The van der Waals surface area contributed by atoms with Gasteiger partial charge >= 0.3 is 5.97 Å². The highest BCUT2D eigenvalue weighted by Gasteiger charge is 2.17. The summed E-state index contributed by atoms with van der Waals surface area (Å²) in [5, 5.41) is 8.75. The van der Waals surface area contributed by atoms with Gasteiger partial charge in [-0.25, -0.2) is 0 Å². The summed E-state index contributed by atoms with van der Waals surface area (Å²) >= 11 is 0. The first kappa shape index (κ1) is 25.0. The van der Waals surface area contributed by atoms with Crippen molar-refractivity contribution in [3.05, 3.63) is 136 Å². The number of carboxylic acids is 1. The lowest BCUT2D eigenvalue weighted by molar-refractivity contribution is -0.137. The van der Waals surface area contributed by atoms with Gasteiger partial charge in [-0.3, -0.25) is 9.59 Å². The molecule has 184 valence electrons. The average Bonchev–Trinajstić information content (AvgIpc) is 2.90. The second kappa shape index (κ2) is 12.5. The van der Waals surface area contributed by atoms with E-state index in [1.807, 2.05) is 72.9 Å². The highest BCUT2D eigenvalue weighted by atomic mass is 16.5. The van der Waals surface area contributed by atoms with Gasteiger partial charge in [0.05, 0.1) is 6.61 Å². The Morgan fingerprint density at radius 2 is 1.50 bits per heavy atom. The molecular formula is C31H31NO4. The molecule has 1 aromatic heterocycles. The largest absolute Gasteiger partial charge is 0.494 e. The third-order valence-corrected chi connectivity index (χ3v) is 6.17. The number of carbonyl (C=O) groups is 1. The molecule has 0 saturated heterocycles. The van der Waals surface area contributed by atoms with Crippen molar-refractivity contribution >= 4 is 5.97 Å². The molecule has 0 saturated carbocycles. The summed E-state index contributed by atoms with van der Waals surface area (Å²) in [4.78, 5) is 23.3. The summed E-state index contributed by atoms with van der Waals surface area (Å²) in [7, 11) is 0. The Bertz CT molecular complexity index is 1280. The predicted octanol–water partition coefficient (Wildman–Crippen LogP) is 5.90. The Kier molecular flexibility index (Phi) is 8.71. The van der Waals surface area contributed by atoms with Crippen LogP contribution in [0.1, 0.15) is 47.4 Å². The molecule has 1 heterocycles. The first-order valence-electron chi connectivity index (χ1n) is 12.3. The topological polar surface area (TPSA) is 68.5 Å². The SMILES string of the molecule is O=C(O)CCCOc1cccc(CCCn2cc(C(c3ccccc3)c3ccccc3)ccc2=O)c1. The molecule has 5 heteroatoms. The number of ether oxygens (including phenoxy) is 1. The number of hydrogen-bond acceptors (Lipinski definition) is 3. The standard InChI is InChI=1S/C31H31NO4/c33-29-19-18-27(31(25-12-3-1-4-13-25)26-14-5-2-6-15-26)23-32(29)20-8-11-24-10-7-16-28(22-24)36-21-9-17-30(34)35/h1-7,10,12-16,18-19,22-23,31H,8-9,11,17,20-21H2,(H,34,35). The second-order valence-corrected chi connectivity index (χ2v) is 8.85. The van der Waals surface area contributed by atoms with E-state index >= 15 is 0 Å². The van der Waals surface area contributed by atoms with Crippen LogP contribution in [-0.2, 0) is 17.8 Å². The third kappa shape index (κ3) is 6.95. The lowest BCUT2D eigenvalue weighted by Crippen LogP contribution is -2.20. The van der Waals surface area contributed by atoms with Crippen LogP contribution in [0.3, 0.4) is 0 Å². The second-order valence-electron chi connectivity index (χ2n) is 8.85. The lowest BCUT2D eigenvalue weighted by atomic mass is 9.86. The number of pyridine rings is 1. The maximum Gasteiger partial charge on any atom is 0.303 e. The monoisotopic (exact) mass is 481 g/mol. The van der Waals surface area contributed by atoms with E-state index in [1.165, 1.54) is 11.1 Å². The van der Waals surface area contributed by atoms with Crippen molar-refractivity contribution in [3.63, 3.8) is 0 Å². The fourth-order valence-electron chi connectivity index (χ4n) is 4.42. The van der Waals surface area contributed by atoms with Gasteiger partial charge in [-0.05, 0) is 53.6 Å². The molecule has 0 radical (unpaired) electrons. The highest BCUT2D eigenvalue weighted by Crippen LogP contribution is 2.31. The smallest absolute Gasteiger partial charge is 0.303 e. The first-order chi connectivity index (χ1) is 17.6. The number of nitrogens with zero attached hydrogens (tertiary/aromatic N) is 1. The van der Waals surface area contributed by atoms with Gasteiger partial charge in [0.25, 0.3) is 5.56 Å². The maximum absolute atomic E-state index is 12.7. The number of hydrogen-bond donors (Lipinski definition) is 1. The van der Waals surface area contributed by atoms with Gasteiger partial charge in [0.1, 0.15) is 5.75 Å². The van der Waals surface area contributed by atoms with Crippen LogP contribution in [0, 0.1) is 0 Å². The van der Waals surface area contributed by atoms with Crippen molar-refractivity contribution in [2.75, 3.05) is 6.61 Å². The van der Waals surface area contributed by atoms with E-state index in [1.54, 1.807) is 10.6 Å². The van der Waals surface area contributed by atoms with Crippen LogP contribution in [0.25, 0.3) is 0 Å². The van der Waals surface area contributed by atoms with E-state index in [-0.39, 0.29) is 17.9 Å². The molecule has 0 fully saturated rings. The molecule has 1 N–H and O–H groups in total. The van der Waals surface area contributed by atoms with Crippen molar-refractivity contribution in [1.29, 1.82) is 0 Å². The summed E-state index contributed by atoms with van der Waals surface area (Å²) < 4.78 is 7.49. The molecule has 36 heavy (non-hydrogen) atoms. The zero-order valence-electron chi connectivity index (χ0n) is 20.3. The van der Waals surface area contributed by atoms with E-state index in [4.69, 9.17) is 9.84 Å². The van der Waals surface area contributed by atoms with Crippen LogP contribution in [0.4, 0.5) is 0 Å². The van der Waals surface area contributed by atoms with Crippen LogP contribution in [0.2, 0.25) is 0 Å². The summed E-state index contributed by atoms with van der Waals surface area (Å²) in [6.07, 6.45) is 4.20. The Balaban J connectivity index is 1.44. The van der Waals surface area contributed by atoms with Gasteiger partial charge < -0.3 is 14.4 Å². The minimum Gasteiger partial charge on any atom is -0.494 e. The van der Waals surface area contributed by atoms with E-state index in [0.717, 1.165) is 29.7 Å². The molecule has 0 unspecified atom stereocenters. The number of benzene rings is 3. The lowest BCUT2D eigenvalue weighted by Gasteiger charge is -2.20. The summed E-state index contributed by atoms with van der Waals surface area (Å²) in [6.45, 7) is 0.995.